The van der Waals surface area contributed by atoms with Crippen LogP contribution < -0.4 is 10.0 Å². The molecule has 2 aromatic rings. The number of benzene rings is 1. The van der Waals surface area contributed by atoms with Gasteiger partial charge in [-0.1, -0.05) is 6.07 Å². The summed E-state index contributed by atoms with van der Waals surface area (Å²) >= 11 is 0. The Labute approximate surface area is 116 Å². The normalized spacial score (nSPS) is 11.3. The van der Waals surface area contributed by atoms with E-state index in [1.54, 1.807) is 13.1 Å². The van der Waals surface area contributed by atoms with Crippen molar-refractivity contribution in [3.05, 3.63) is 54.0 Å². The third-order valence-corrected chi connectivity index (χ3v) is 3.85. The predicted molar refractivity (Wildman–Crippen MR) is 74.2 cm³/mol. The number of nitrogens with zero attached hydrogens (tertiary/aromatic N) is 1. The van der Waals surface area contributed by atoms with Crippen LogP contribution in [0.25, 0.3) is 0 Å². The van der Waals surface area contributed by atoms with Crippen LogP contribution in [0.2, 0.25) is 0 Å². The van der Waals surface area contributed by atoms with Crippen LogP contribution in [0.15, 0.2) is 47.6 Å². The van der Waals surface area contributed by atoms with Crippen molar-refractivity contribution in [2.75, 3.05) is 11.8 Å². The average molecular weight is 295 g/mol. The van der Waals surface area contributed by atoms with E-state index in [4.69, 9.17) is 0 Å². The van der Waals surface area contributed by atoms with E-state index in [1.807, 2.05) is 0 Å². The summed E-state index contributed by atoms with van der Waals surface area (Å²) in [5.74, 6) is -0.428. The number of pyridine rings is 1. The summed E-state index contributed by atoms with van der Waals surface area (Å²) in [4.78, 5) is 3.92. The van der Waals surface area contributed by atoms with Gasteiger partial charge in [-0.25, -0.2) is 9.37 Å². The van der Waals surface area contributed by atoms with E-state index in [2.05, 4.69) is 15.0 Å². The lowest BCUT2D eigenvalue weighted by Crippen LogP contribution is -2.15. The molecule has 0 spiro atoms. The largest absolute Gasteiger partial charge is 0.316 e. The smallest absolute Gasteiger partial charge is 0.279 e. The average Bonchev–Trinajstić information content (AvgIpc) is 2.42. The first-order valence-corrected chi connectivity index (χ1v) is 7.37. The predicted octanol–water partition coefficient (Wildman–Crippen LogP) is 1.74. The minimum atomic E-state index is -3.76. The molecule has 0 atom stereocenters. The van der Waals surface area contributed by atoms with Crippen molar-refractivity contribution in [3.8, 4) is 0 Å². The van der Waals surface area contributed by atoms with E-state index in [0.717, 1.165) is 5.56 Å². The van der Waals surface area contributed by atoms with Gasteiger partial charge in [0, 0.05) is 18.4 Å². The fourth-order valence-electron chi connectivity index (χ4n) is 1.60. The Hall–Kier alpha value is -1.99. The molecule has 5 nitrogen and oxygen atoms in total. The fraction of sp³-hybridized carbons (Fsp3) is 0.154. The molecule has 106 valence electrons. The second-order valence-electron chi connectivity index (χ2n) is 4.15. The van der Waals surface area contributed by atoms with Gasteiger partial charge >= 0.3 is 0 Å². The van der Waals surface area contributed by atoms with Gasteiger partial charge in [0.05, 0.1) is 0 Å². The topological polar surface area (TPSA) is 71.1 Å². The summed E-state index contributed by atoms with van der Waals surface area (Å²) in [5.41, 5.74) is 1.17. The third-order valence-electron chi connectivity index (χ3n) is 2.55. The Morgan fingerprint density at radius 2 is 1.85 bits per heavy atom. The zero-order valence-electron chi connectivity index (χ0n) is 10.8. The lowest BCUT2D eigenvalue weighted by Gasteiger charge is -2.08. The molecule has 0 saturated carbocycles. The van der Waals surface area contributed by atoms with Gasteiger partial charge in [0.15, 0.2) is 5.03 Å². The molecular formula is C13H14FN3O2S. The zero-order chi connectivity index (χ0) is 14.6. The molecule has 0 unspecified atom stereocenters. The Balaban J connectivity index is 2.19. The molecule has 1 aromatic carbocycles. The van der Waals surface area contributed by atoms with Crippen LogP contribution in [-0.4, -0.2) is 20.4 Å². The van der Waals surface area contributed by atoms with E-state index in [1.165, 1.54) is 36.5 Å². The summed E-state index contributed by atoms with van der Waals surface area (Å²) in [5, 5.41) is 2.86. The maximum Gasteiger partial charge on any atom is 0.279 e. The van der Waals surface area contributed by atoms with Crippen molar-refractivity contribution in [2.45, 2.75) is 11.6 Å². The molecule has 0 aliphatic carbocycles. The Morgan fingerprint density at radius 1 is 1.15 bits per heavy atom. The number of halogens is 1. The second kappa shape index (κ2) is 5.98. The number of rotatable bonds is 5. The first kappa shape index (κ1) is 14.4. The number of sulfonamides is 1. The highest BCUT2D eigenvalue weighted by atomic mass is 32.2. The van der Waals surface area contributed by atoms with E-state index < -0.39 is 15.8 Å². The SMILES string of the molecule is CNCc1ccc(S(=O)(=O)Nc2ccc(F)cc2)nc1. The lowest BCUT2D eigenvalue weighted by molar-refractivity contribution is 0.597. The van der Waals surface area contributed by atoms with Gasteiger partial charge < -0.3 is 5.32 Å². The van der Waals surface area contributed by atoms with Crippen LogP contribution in [0, 0.1) is 5.82 Å². The molecule has 0 aliphatic heterocycles. The van der Waals surface area contributed by atoms with Gasteiger partial charge in [-0.2, -0.15) is 8.42 Å². The molecule has 2 rings (SSSR count). The van der Waals surface area contributed by atoms with Crippen molar-refractivity contribution in [1.82, 2.24) is 10.3 Å². The van der Waals surface area contributed by atoms with Gasteiger partial charge in [-0.05, 0) is 42.9 Å². The van der Waals surface area contributed by atoms with E-state index >= 15 is 0 Å². The van der Waals surface area contributed by atoms with Gasteiger partial charge in [-0.3, -0.25) is 4.72 Å². The van der Waals surface area contributed by atoms with Gasteiger partial charge in [0.2, 0.25) is 0 Å². The van der Waals surface area contributed by atoms with Crippen molar-refractivity contribution in [2.24, 2.45) is 0 Å². The molecule has 0 radical (unpaired) electrons. The van der Waals surface area contributed by atoms with E-state index in [9.17, 15) is 12.8 Å². The summed E-state index contributed by atoms with van der Waals surface area (Å²) in [6.07, 6.45) is 1.50. The molecule has 2 N–H and O–H groups in total. The Bertz CT molecular complexity index is 670. The molecule has 0 fully saturated rings. The number of aromatic nitrogens is 1. The van der Waals surface area contributed by atoms with Crippen molar-refractivity contribution >= 4 is 15.7 Å². The van der Waals surface area contributed by atoms with Crippen molar-refractivity contribution < 1.29 is 12.8 Å². The van der Waals surface area contributed by atoms with E-state index in [-0.39, 0.29) is 10.7 Å². The minimum Gasteiger partial charge on any atom is -0.316 e. The summed E-state index contributed by atoms with van der Waals surface area (Å²) in [6, 6.07) is 8.17. The third kappa shape index (κ3) is 3.52. The summed E-state index contributed by atoms with van der Waals surface area (Å²) in [7, 11) is -1.97. The standard InChI is InChI=1S/C13H14FN3O2S/c1-15-8-10-2-7-13(16-9-10)20(18,19)17-12-5-3-11(14)4-6-12/h2-7,9,15,17H,8H2,1H3. The molecule has 0 aliphatic rings. The highest BCUT2D eigenvalue weighted by molar-refractivity contribution is 7.92. The van der Waals surface area contributed by atoms with Crippen LogP contribution in [-0.2, 0) is 16.6 Å². The molecule has 1 aromatic heterocycles. The summed E-state index contributed by atoms with van der Waals surface area (Å²) in [6.45, 7) is 0.610. The van der Waals surface area contributed by atoms with Gasteiger partial charge in [0.1, 0.15) is 5.82 Å². The molecule has 20 heavy (non-hydrogen) atoms. The quantitative estimate of drug-likeness (QED) is 0.881. The maximum absolute atomic E-state index is 12.8. The van der Waals surface area contributed by atoms with Crippen molar-refractivity contribution in [3.63, 3.8) is 0 Å². The van der Waals surface area contributed by atoms with Crippen LogP contribution in [0.4, 0.5) is 10.1 Å². The first-order chi connectivity index (χ1) is 9.51. The Kier molecular flexibility index (Phi) is 4.31. The molecule has 0 amide bonds. The van der Waals surface area contributed by atoms with Gasteiger partial charge in [-0.15, -0.1) is 0 Å². The van der Waals surface area contributed by atoms with Gasteiger partial charge in [0.25, 0.3) is 10.0 Å². The monoisotopic (exact) mass is 295 g/mol. The number of hydrogen-bond acceptors (Lipinski definition) is 4. The number of hydrogen-bond donors (Lipinski definition) is 2. The Morgan fingerprint density at radius 3 is 2.40 bits per heavy atom. The van der Waals surface area contributed by atoms with Crippen molar-refractivity contribution in [1.29, 1.82) is 0 Å². The highest BCUT2D eigenvalue weighted by Crippen LogP contribution is 2.15. The molecule has 1 heterocycles. The number of nitrogens with one attached hydrogen (secondary N) is 2. The molecule has 0 saturated heterocycles. The fourth-order valence-corrected chi connectivity index (χ4v) is 2.59. The molecule has 7 heteroatoms. The molecule has 0 bridgehead atoms. The van der Waals surface area contributed by atoms with E-state index in [0.29, 0.717) is 6.54 Å². The highest BCUT2D eigenvalue weighted by Gasteiger charge is 2.15. The van der Waals surface area contributed by atoms with Crippen LogP contribution in [0.3, 0.4) is 0 Å². The zero-order valence-corrected chi connectivity index (χ0v) is 11.6. The maximum atomic E-state index is 12.8. The minimum absolute atomic E-state index is 0.0818. The molecular weight excluding hydrogens is 281 g/mol. The number of anilines is 1. The van der Waals surface area contributed by atoms with Crippen LogP contribution in [0.1, 0.15) is 5.56 Å². The van der Waals surface area contributed by atoms with Crippen LogP contribution >= 0.6 is 0 Å². The lowest BCUT2D eigenvalue weighted by atomic mass is 10.3. The summed E-state index contributed by atoms with van der Waals surface area (Å²) < 4.78 is 39.3. The first-order valence-electron chi connectivity index (χ1n) is 5.89. The second-order valence-corrected chi connectivity index (χ2v) is 5.78. The van der Waals surface area contributed by atoms with Crippen LogP contribution in [0.5, 0.6) is 0 Å².